The number of aliphatic carboxylic acids is 1. The van der Waals surface area contributed by atoms with Crippen molar-refractivity contribution in [3.63, 3.8) is 0 Å². The normalized spacial score (nSPS) is 29.0. The molecule has 3 unspecified atom stereocenters. The van der Waals surface area contributed by atoms with Gasteiger partial charge in [0.1, 0.15) is 0 Å². The second kappa shape index (κ2) is 6.21. The zero-order valence-electron chi connectivity index (χ0n) is 11.0. The van der Waals surface area contributed by atoms with E-state index in [1.54, 1.807) is 0 Å². The minimum atomic E-state index is -1.04. The highest BCUT2D eigenvalue weighted by molar-refractivity contribution is 5.83. The van der Waals surface area contributed by atoms with Gasteiger partial charge in [-0.25, -0.2) is 9.59 Å². The molecule has 2 aliphatic heterocycles. The number of amides is 2. The molecule has 3 atom stereocenters. The summed E-state index contributed by atoms with van der Waals surface area (Å²) in [5, 5.41) is 11.9. The number of hydrogen-bond acceptors (Lipinski definition) is 4. The number of ether oxygens (including phenoxy) is 2. The fraction of sp³-hybridized carbons (Fsp3) is 0.833. The molecule has 0 aliphatic carbocycles. The van der Waals surface area contributed by atoms with Crippen molar-refractivity contribution >= 4 is 12.0 Å². The van der Waals surface area contributed by atoms with E-state index >= 15 is 0 Å². The van der Waals surface area contributed by atoms with Crippen LogP contribution in [0, 0.1) is 0 Å². The maximum atomic E-state index is 12.1. The summed E-state index contributed by atoms with van der Waals surface area (Å²) in [6, 6.07) is -1.39. The van der Waals surface area contributed by atoms with Crippen molar-refractivity contribution < 1.29 is 24.2 Å². The van der Waals surface area contributed by atoms with Crippen LogP contribution in [0.2, 0.25) is 0 Å². The Hall–Kier alpha value is -1.34. The molecule has 0 saturated carbocycles. The molecule has 2 heterocycles. The summed E-state index contributed by atoms with van der Waals surface area (Å²) >= 11 is 0. The van der Waals surface area contributed by atoms with Gasteiger partial charge in [0.25, 0.3) is 0 Å². The molecular formula is C12H20N2O5. The van der Waals surface area contributed by atoms with Crippen LogP contribution in [-0.2, 0) is 14.3 Å². The number of urea groups is 1. The van der Waals surface area contributed by atoms with Crippen LogP contribution in [0.1, 0.15) is 19.8 Å². The molecule has 0 aromatic rings. The molecule has 2 fully saturated rings. The quantitative estimate of drug-likeness (QED) is 0.758. The van der Waals surface area contributed by atoms with Gasteiger partial charge in [0.15, 0.2) is 6.04 Å². The Bertz CT molecular complexity index is 343. The van der Waals surface area contributed by atoms with Crippen LogP contribution in [0.4, 0.5) is 4.79 Å². The maximum Gasteiger partial charge on any atom is 0.328 e. The van der Waals surface area contributed by atoms with Gasteiger partial charge in [-0.05, 0) is 19.8 Å². The average molecular weight is 272 g/mol. The SMILES string of the molecule is CC(NC(=O)N1CCOCC1C(=O)O)C1CCCO1. The predicted molar refractivity (Wildman–Crippen MR) is 65.9 cm³/mol. The van der Waals surface area contributed by atoms with Gasteiger partial charge in [0.2, 0.25) is 0 Å². The summed E-state index contributed by atoms with van der Waals surface area (Å²) in [7, 11) is 0. The van der Waals surface area contributed by atoms with Crippen LogP contribution < -0.4 is 5.32 Å². The minimum absolute atomic E-state index is 0.0215. The number of hydrogen-bond donors (Lipinski definition) is 2. The summed E-state index contributed by atoms with van der Waals surface area (Å²) in [5.74, 6) is -1.04. The third kappa shape index (κ3) is 3.36. The summed E-state index contributed by atoms with van der Waals surface area (Å²) < 4.78 is 10.6. The molecule has 19 heavy (non-hydrogen) atoms. The Labute approximate surface area is 111 Å². The van der Waals surface area contributed by atoms with Gasteiger partial charge < -0.3 is 24.8 Å². The first kappa shape index (κ1) is 14.1. The van der Waals surface area contributed by atoms with Crippen LogP contribution in [-0.4, -0.2) is 66.6 Å². The topological polar surface area (TPSA) is 88.1 Å². The van der Waals surface area contributed by atoms with Crippen molar-refractivity contribution in [3.05, 3.63) is 0 Å². The van der Waals surface area contributed by atoms with E-state index < -0.39 is 12.0 Å². The van der Waals surface area contributed by atoms with E-state index in [0.29, 0.717) is 13.2 Å². The van der Waals surface area contributed by atoms with E-state index in [9.17, 15) is 9.59 Å². The van der Waals surface area contributed by atoms with Gasteiger partial charge in [-0.3, -0.25) is 0 Å². The molecule has 0 bridgehead atoms. The second-order valence-corrected chi connectivity index (χ2v) is 4.91. The van der Waals surface area contributed by atoms with Gasteiger partial charge in [0.05, 0.1) is 25.4 Å². The van der Waals surface area contributed by atoms with Crippen LogP contribution in [0.5, 0.6) is 0 Å². The highest BCUT2D eigenvalue weighted by Gasteiger charge is 2.34. The van der Waals surface area contributed by atoms with Gasteiger partial charge in [-0.1, -0.05) is 0 Å². The fourth-order valence-corrected chi connectivity index (χ4v) is 2.42. The first-order valence-corrected chi connectivity index (χ1v) is 6.59. The highest BCUT2D eigenvalue weighted by atomic mass is 16.5. The molecular weight excluding hydrogens is 252 g/mol. The van der Waals surface area contributed by atoms with E-state index in [0.717, 1.165) is 19.4 Å². The molecule has 2 saturated heterocycles. The third-order valence-electron chi connectivity index (χ3n) is 3.55. The van der Waals surface area contributed by atoms with E-state index in [4.69, 9.17) is 14.6 Å². The molecule has 2 aliphatic rings. The van der Waals surface area contributed by atoms with E-state index in [1.807, 2.05) is 6.92 Å². The molecule has 0 aromatic heterocycles. The highest BCUT2D eigenvalue weighted by Crippen LogP contribution is 2.16. The predicted octanol–water partition coefficient (Wildman–Crippen LogP) is 0.0489. The van der Waals surface area contributed by atoms with Crippen LogP contribution >= 0.6 is 0 Å². The van der Waals surface area contributed by atoms with Gasteiger partial charge in [0, 0.05) is 13.2 Å². The number of nitrogens with zero attached hydrogens (tertiary/aromatic N) is 1. The van der Waals surface area contributed by atoms with Gasteiger partial charge in [-0.15, -0.1) is 0 Å². The third-order valence-corrected chi connectivity index (χ3v) is 3.55. The summed E-state index contributed by atoms with van der Waals surface area (Å²) in [6.07, 6.45) is 1.95. The lowest BCUT2D eigenvalue weighted by atomic mass is 10.1. The minimum Gasteiger partial charge on any atom is -0.480 e. The molecule has 2 amide bonds. The van der Waals surface area contributed by atoms with Crippen molar-refractivity contribution in [2.75, 3.05) is 26.4 Å². The number of rotatable bonds is 3. The number of carboxylic acids is 1. The van der Waals surface area contributed by atoms with Crippen LogP contribution in [0.3, 0.4) is 0 Å². The van der Waals surface area contributed by atoms with Gasteiger partial charge >= 0.3 is 12.0 Å². The maximum absolute atomic E-state index is 12.1. The van der Waals surface area contributed by atoms with Crippen molar-refractivity contribution in [1.29, 1.82) is 0 Å². The Balaban J connectivity index is 1.91. The van der Waals surface area contributed by atoms with Crippen LogP contribution in [0.25, 0.3) is 0 Å². The molecule has 108 valence electrons. The number of carboxylic acid groups (broad SMARTS) is 1. The first-order valence-electron chi connectivity index (χ1n) is 6.59. The second-order valence-electron chi connectivity index (χ2n) is 4.91. The molecule has 7 heteroatoms. The fourth-order valence-electron chi connectivity index (χ4n) is 2.42. The number of morpholine rings is 1. The number of carbonyl (C=O) groups is 2. The zero-order valence-corrected chi connectivity index (χ0v) is 11.0. The average Bonchev–Trinajstić information content (AvgIpc) is 2.92. The lowest BCUT2D eigenvalue weighted by Gasteiger charge is -2.34. The van der Waals surface area contributed by atoms with E-state index in [2.05, 4.69) is 5.32 Å². The lowest BCUT2D eigenvalue weighted by Crippen LogP contribution is -2.57. The Kier molecular flexibility index (Phi) is 4.60. The smallest absolute Gasteiger partial charge is 0.328 e. The van der Waals surface area contributed by atoms with Crippen LogP contribution in [0.15, 0.2) is 0 Å². The van der Waals surface area contributed by atoms with Crippen molar-refractivity contribution in [3.8, 4) is 0 Å². The lowest BCUT2D eigenvalue weighted by molar-refractivity contribution is -0.147. The van der Waals surface area contributed by atoms with E-state index in [-0.39, 0.29) is 24.8 Å². The number of carbonyl (C=O) groups excluding carboxylic acids is 1. The Morgan fingerprint density at radius 1 is 1.42 bits per heavy atom. The summed E-state index contributed by atoms with van der Waals surface area (Å²) in [6.45, 7) is 3.30. The van der Waals surface area contributed by atoms with E-state index in [1.165, 1.54) is 4.90 Å². The Morgan fingerprint density at radius 3 is 2.84 bits per heavy atom. The summed E-state index contributed by atoms with van der Waals surface area (Å²) in [4.78, 5) is 24.5. The standard InChI is InChI=1S/C12H20N2O5/c1-8(10-3-2-5-19-10)13-12(17)14-4-6-18-7-9(14)11(15)16/h8-10H,2-7H2,1H3,(H,13,17)(H,15,16). The van der Waals surface area contributed by atoms with Gasteiger partial charge in [-0.2, -0.15) is 0 Å². The van der Waals surface area contributed by atoms with Crippen molar-refractivity contribution in [1.82, 2.24) is 10.2 Å². The monoisotopic (exact) mass is 272 g/mol. The molecule has 2 N–H and O–H groups in total. The molecule has 0 radical (unpaired) electrons. The zero-order chi connectivity index (χ0) is 13.8. The number of nitrogens with one attached hydrogen (secondary N) is 1. The largest absolute Gasteiger partial charge is 0.480 e. The first-order chi connectivity index (χ1) is 9.09. The molecule has 2 rings (SSSR count). The summed E-state index contributed by atoms with van der Waals surface area (Å²) in [5.41, 5.74) is 0. The Morgan fingerprint density at radius 2 is 2.21 bits per heavy atom. The van der Waals surface area contributed by atoms with Crippen molar-refractivity contribution in [2.24, 2.45) is 0 Å². The molecule has 7 nitrogen and oxygen atoms in total. The molecule has 0 aromatic carbocycles. The van der Waals surface area contributed by atoms with Crippen molar-refractivity contribution in [2.45, 2.75) is 38.0 Å². The molecule has 0 spiro atoms.